The summed E-state index contributed by atoms with van der Waals surface area (Å²) in [6, 6.07) is 10.5. The van der Waals surface area contributed by atoms with E-state index in [0.717, 1.165) is 19.4 Å². The van der Waals surface area contributed by atoms with Gasteiger partial charge in [-0.25, -0.2) is 4.79 Å². The Labute approximate surface area is 295 Å². The first kappa shape index (κ1) is 43.0. The van der Waals surface area contributed by atoms with Gasteiger partial charge in [-0.3, -0.25) is 0 Å². The standard InChI is InChI=1S/C43H59NO5/c1-34(27-21-16-12-11-13-17-22-28-35(2)43(48)49)42(47)37(4)41(46)32-26-19-15-10-8-6-7-9-14-18-25-31-40(45)36(3)38(5)44-33-39-29-23-20-24-30-39/h6-11,13-15,17-30,32,34,36-38,40-42,44-47H,12,16,31,33H2,1-5H3,(H,48,49)/b7-6+,10-8+,13-11+,14-9+,19-15+,22-17+,25-18+,27-21+,32-26+,35-28+. The number of nitrogens with one attached hydrogen (secondary N) is 1. The van der Waals surface area contributed by atoms with E-state index in [2.05, 4.69) is 31.3 Å². The number of rotatable bonds is 23. The van der Waals surface area contributed by atoms with Crippen molar-refractivity contribution in [2.75, 3.05) is 0 Å². The van der Waals surface area contributed by atoms with Crippen LogP contribution in [0.2, 0.25) is 0 Å². The van der Waals surface area contributed by atoms with Crippen molar-refractivity contribution in [3.05, 3.63) is 157 Å². The molecule has 0 aliphatic heterocycles. The topological polar surface area (TPSA) is 110 Å². The van der Waals surface area contributed by atoms with E-state index in [-0.39, 0.29) is 29.4 Å². The number of unbranched alkanes of at least 4 members (excludes halogenated alkanes) is 1. The Balaban J connectivity index is 2.30. The third-order valence-electron chi connectivity index (χ3n) is 8.29. The predicted molar refractivity (Wildman–Crippen MR) is 206 cm³/mol. The monoisotopic (exact) mass is 669 g/mol. The van der Waals surface area contributed by atoms with Crippen LogP contribution < -0.4 is 5.32 Å². The number of carboxylic acid groups (broad SMARTS) is 1. The van der Waals surface area contributed by atoms with Crippen molar-refractivity contribution in [3.8, 4) is 0 Å². The first-order chi connectivity index (χ1) is 23.5. The van der Waals surface area contributed by atoms with Crippen LogP contribution in [0.5, 0.6) is 0 Å². The van der Waals surface area contributed by atoms with E-state index in [9.17, 15) is 20.1 Å². The van der Waals surface area contributed by atoms with Gasteiger partial charge in [-0.15, -0.1) is 0 Å². The summed E-state index contributed by atoms with van der Waals surface area (Å²) in [5.41, 5.74) is 1.52. The van der Waals surface area contributed by atoms with Crippen molar-refractivity contribution in [3.63, 3.8) is 0 Å². The van der Waals surface area contributed by atoms with Crippen molar-refractivity contribution >= 4 is 5.97 Å². The van der Waals surface area contributed by atoms with Gasteiger partial charge in [0, 0.05) is 30.0 Å². The summed E-state index contributed by atoms with van der Waals surface area (Å²) in [6.07, 6.45) is 36.0. The highest BCUT2D eigenvalue weighted by atomic mass is 16.4. The zero-order chi connectivity index (χ0) is 36.3. The number of hydrogen-bond acceptors (Lipinski definition) is 5. The maximum absolute atomic E-state index is 10.7. The van der Waals surface area contributed by atoms with Crippen LogP contribution in [0.4, 0.5) is 0 Å². The number of aliphatic carboxylic acids is 1. The SMILES string of the molecule is C\C(=C/C=C/C=C/CC/C=C/C(C)C(O)C(C)C(O)/C=C/C=C/C=C/C=C/C=C/C=C/CC(O)C(C)C(C)NCc1ccccc1)C(=O)O. The molecule has 0 heterocycles. The molecule has 266 valence electrons. The van der Waals surface area contributed by atoms with E-state index in [1.807, 2.05) is 117 Å². The van der Waals surface area contributed by atoms with E-state index in [1.54, 1.807) is 37.3 Å². The van der Waals surface area contributed by atoms with E-state index in [0.29, 0.717) is 6.42 Å². The van der Waals surface area contributed by atoms with Crippen molar-refractivity contribution in [1.82, 2.24) is 5.32 Å². The Morgan fingerprint density at radius 2 is 1.24 bits per heavy atom. The molecule has 5 N–H and O–H groups in total. The Kier molecular flexibility index (Phi) is 23.5. The third-order valence-corrected chi connectivity index (χ3v) is 8.29. The summed E-state index contributed by atoms with van der Waals surface area (Å²) in [4.78, 5) is 10.7. The second-order valence-electron chi connectivity index (χ2n) is 12.3. The Bertz CT molecular complexity index is 1350. The van der Waals surface area contributed by atoms with E-state index in [1.165, 1.54) is 5.56 Å². The smallest absolute Gasteiger partial charge is 0.331 e. The van der Waals surface area contributed by atoms with Crippen LogP contribution in [-0.4, -0.2) is 50.7 Å². The first-order valence-electron chi connectivity index (χ1n) is 17.3. The van der Waals surface area contributed by atoms with Gasteiger partial charge in [-0.1, -0.05) is 167 Å². The normalized spacial score (nSPS) is 18.0. The predicted octanol–water partition coefficient (Wildman–Crippen LogP) is 8.36. The lowest BCUT2D eigenvalue weighted by atomic mass is 9.88. The number of carbonyl (C=O) groups is 1. The summed E-state index contributed by atoms with van der Waals surface area (Å²) < 4.78 is 0. The van der Waals surface area contributed by atoms with E-state index >= 15 is 0 Å². The van der Waals surface area contributed by atoms with Crippen molar-refractivity contribution < 1.29 is 25.2 Å². The molecule has 1 rings (SSSR count). The summed E-state index contributed by atoms with van der Waals surface area (Å²) in [6.45, 7) is 10.3. The lowest BCUT2D eigenvalue weighted by molar-refractivity contribution is -0.132. The molecule has 0 saturated carbocycles. The zero-order valence-electron chi connectivity index (χ0n) is 29.9. The molecular formula is C43H59NO5. The molecule has 7 unspecified atom stereocenters. The molecule has 0 radical (unpaired) electrons. The molecule has 0 amide bonds. The van der Waals surface area contributed by atoms with Crippen molar-refractivity contribution in [2.45, 2.75) is 84.8 Å². The fraction of sp³-hybridized carbons (Fsp3) is 0.372. The summed E-state index contributed by atoms with van der Waals surface area (Å²) in [5.74, 6) is -1.22. The number of aliphatic hydroxyl groups is 3. The Morgan fingerprint density at radius 3 is 1.88 bits per heavy atom. The van der Waals surface area contributed by atoms with Gasteiger partial charge in [-0.05, 0) is 44.6 Å². The van der Waals surface area contributed by atoms with E-state index in [4.69, 9.17) is 5.11 Å². The third kappa shape index (κ3) is 20.8. The second-order valence-corrected chi connectivity index (χ2v) is 12.3. The Morgan fingerprint density at radius 1 is 0.694 bits per heavy atom. The van der Waals surface area contributed by atoms with Crippen LogP contribution in [0.3, 0.4) is 0 Å². The fourth-order valence-corrected chi connectivity index (χ4v) is 4.58. The van der Waals surface area contributed by atoms with Crippen molar-refractivity contribution in [1.29, 1.82) is 0 Å². The molecule has 0 fully saturated rings. The largest absolute Gasteiger partial charge is 0.478 e. The molecule has 0 aliphatic carbocycles. The molecule has 49 heavy (non-hydrogen) atoms. The van der Waals surface area contributed by atoms with Crippen LogP contribution in [0.15, 0.2) is 151 Å². The van der Waals surface area contributed by atoms with Gasteiger partial charge >= 0.3 is 5.97 Å². The van der Waals surface area contributed by atoms with Crippen LogP contribution >= 0.6 is 0 Å². The van der Waals surface area contributed by atoms with Gasteiger partial charge in [0.25, 0.3) is 0 Å². The van der Waals surface area contributed by atoms with Gasteiger partial charge in [0.1, 0.15) is 0 Å². The van der Waals surface area contributed by atoms with Crippen LogP contribution in [0, 0.1) is 17.8 Å². The highest BCUT2D eigenvalue weighted by Gasteiger charge is 2.24. The van der Waals surface area contributed by atoms with Gasteiger partial charge in [0.2, 0.25) is 0 Å². The summed E-state index contributed by atoms with van der Waals surface area (Å²) in [7, 11) is 0. The first-order valence-corrected chi connectivity index (χ1v) is 17.3. The number of carboxylic acids is 1. The average molecular weight is 670 g/mol. The molecule has 1 aromatic carbocycles. The molecule has 0 saturated heterocycles. The summed E-state index contributed by atoms with van der Waals surface area (Å²) in [5, 5.41) is 44.0. The number of benzene rings is 1. The van der Waals surface area contributed by atoms with Crippen LogP contribution in [0.25, 0.3) is 0 Å². The number of hydrogen-bond donors (Lipinski definition) is 5. The minimum Gasteiger partial charge on any atom is -0.478 e. The van der Waals surface area contributed by atoms with Gasteiger partial charge in [0.15, 0.2) is 0 Å². The number of allylic oxidation sites excluding steroid dienone is 16. The molecular weight excluding hydrogens is 610 g/mol. The maximum atomic E-state index is 10.7. The molecule has 0 bridgehead atoms. The Hall–Kier alpha value is -4.07. The molecule has 1 aromatic rings. The fourth-order valence-electron chi connectivity index (χ4n) is 4.58. The minimum absolute atomic E-state index is 0.0992. The highest BCUT2D eigenvalue weighted by Crippen LogP contribution is 2.19. The van der Waals surface area contributed by atoms with Crippen molar-refractivity contribution in [2.24, 2.45) is 17.8 Å². The zero-order valence-corrected chi connectivity index (χ0v) is 29.9. The van der Waals surface area contributed by atoms with E-state index < -0.39 is 24.3 Å². The maximum Gasteiger partial charge on any atom is 0.331 e. The summed E-state index contributed by atoms with van der Waals surface area (Å²) >= 11 is 0. The molecule has 0 aromatic heterocycles. The quantitative estimate of drug-likeness (QED) is 0.0347. The second kappa shape index (κ2) is 26.8. The lowest BCUT2D eigenvalue weighted by Gasteiger charge is -2.25. The molecule has 0 aliphatic rings. The van der Waals surface area contributed by atoms with Crippen LogP contribution in [-0.2, 0) is 11.3 Å². The van der Waals surface area contributed by atoms with Gasteiger partial charge in [0.05, 0.1) is 18.3 Å². The molecule has 7 atom stereocenters. The molecule has 6 heteroatoms. The van der Waals surface area contributed by atoms with Gasteiger partial charge in [-0.2, -0.15) is 0 Å². The molecule has 6 nitrogen and oxygen atoms in total. The lowest BCUT2D eigenvalue weighted by Crippen LogP contribution is -2.37. The highest BCUT2D eigenvalue weighted by molar-refractivity contribution is 5.86. The van der Waals surface area contributed by atoms with Gasteiger partial charge < -0.3 is 25.7 Å². The molecule has 0 spiro atoms. The average Bonchev–Trinajstić information content (AvgIpc) is 3.10. The van der Waals surface area contributed by atoms with Crippen LogP contribution in [0.1, 0.15) is 59.4 Å². The minimum atomic E-state index is -0.926. The number of aliphatic hydroxyl groups excluding tert-OH is 3.